The quantitative estimate of drug-likeness (QED) is 0.133. The number of aliphatic hydroxyl groups is 1. The first kappa shape index (κ1) is 36.0. The number of anilines is 1. The Morgan fingerprint density at radius 1 is 0.980 bits per heavy atom. The summed E-state index contributed by atoms with van der Waals surface area (Å²) in [6, 6.07) is 23.1. The van der Waals surface area contributed by atoms with Gasteiger partial charge in [0.1, 0.15) is 11.4 Å². The molecule has 1 heterocycles. The van der Waals surface area contributed by atoms with Crippen LogP contribution in [0, 0.1) is 23.1 Å². The summed E-state index contributed by atoms with van der Waals surface area (Å²) < 4.78 is 66.4. The minimum Gasteiger partial charge on any atom is -0.379 e. The monoisotopic (exact) mass is 802 g/mol. The molecule has 2 amide bonds. The van der Waals surface area contributed by atoms with Crippen LogP contribution >= 0.6 is 22.6 Å². The minimum atomic E-state index is -3.99. The van der Waals surface area contributed by atoms with Crippen LogP contribution in [0.3, 0.4) is 0 Å². The van der Waals surface area contributed by atoms with Gasteiger partial charge in [-0.3, -0.25) is 9.59 Å². The molecular formula is C35H30F3IN4O5S. The van der Waals surface area contributed by atoms with Gasteiger partial charge >= 0.3 is 3.93 Å². The van der Waals surface area contributed by atoms with Gasteiger partial charge < -0.3 is 16.2 Å². The van der Waals surface area contributed by atoms with Gasteiger partial charge in [0.05, 0.1) is 22.1 Å². The van der Waals surface area contributed by atoms with E-state index >= 15 is 0 Å². The van der Waals surface area contributed by atoms with Crippen LogP contribution in [0.1, 0.15) is 39.9 Å². The average Bonchev–Trinajstić information content (AvgIpc) is 3.08. The number of halogens is 4. The second-order valence-electron chi connectivity index (χ2n) is 11.7. The fraction of sp³-hybridized carbons (Fsp3) is 0.229. The summed E-state index contributed by atoms with van der Waals surface area (Å²) in [6.45, 7) is -0.107. The third-order valence-electron chi connectivity index (χ3n) is 8.56. The first-order valence-corrected chi connectivity index (χ1v) is 17.5. The summed E-state index contributed by atoms with van der Waals surface area (Å²) >= 11 is 0.891. The molecule has 1 unspecified atom stereocenters. The molecule has 14 heteroatoms. The molecule has 0 spiro atoms. The SMILES string of the molecule is N#Cc1ccc(NC(=O)C(O)(Cc2cccc(-c3cccc(C(N)=O)c3)c2)C2CCN(S(=O)(=O)c3ccc(F)cc3)CC2)cc1C(F)(F)I. The number of sulfonamides is 1. The van der Waals surface area contributed by atoms with Crippen molar-refractivity contribution in [2.24, 2.45) is 11.7 Å². The lowest BCUT2D eigenvalue weighted by atomic mass is 9.76. The molecular weight excluding hydrogens is 772 g/mol. The normalized spacial score (nSPS) is 15.6. The van der Waals surface area contributed by atoms with Crippen molar-refractivity contribution < 1.29 is 36.3 Å². The van der Waals surface area contributed by atoms with Crippen molar-refractivity contribution in [3.63, 3.8) is 0 Å². The highest BCUT2D eigenvalue weighted by molar-refractivity contribution is 14.1. The van der Waals surface area contributed by atoms with Crippen LogP contribution in [0.15, 0.2) is 95.9 Å². The van der Waals surface area contributed by atoms with Gasteiger partial charge in [-0.2, -0.15) is 18.3 Å². The van der Waals surface area contributed by atoms with E-state index in [1.165, 1.54) is 10.4 Å². The van der Waals surface area contributed by atoms with Gasteiger partial charge in [0.25, 0.3) is 5.91 Å². The molecule has 4 aromatic rings. The van der Waals surface area contributed by atoms with Crippen molar-refractivity contribution in [3.8, 4) is 17.2 Å². The number of carbonyl (C=O) groups is 2. The smallest absolute Gasteiger partial charge is 0.322 e. The molecule has 0 aliphatic carbocycles. The van der Waals surface area contributed by atoms with E-state index in [9.17, 15) is 41.5 Å². The molecule has 1 aliphatic heterocycles. The number of piperidine rings is 1. The second-order valence-corrected chi connectivity index (χ2v) is 15.0. The van der Waals surface area contributed by atoms with E-state index in [0.717, 1.165) is 59.0 Å². The number of nitrogens with zero attached hydrogens (tertiary/aromatic N) is 2. The number of nitrogens with two attached hydrogens (primary N) is 1. The molecule has 9 nitrogen and oxygen atoms in total. The van der Waals surface area contributed by atoms with E-state index in [-0.39, 0.29) is 48.5 Å². The van der Waals surface area contributed by atoms with Crippen LogP contribution in [0.2, 0.25) is 0 Å². The molecule has 4 aromatic carbocycles. The number of carbonyl (C=O) groups excluding carboxylic acids is 2. The van der Waals surface area contributed by atoms with Crippen molar-refractivity contribution in [2.75, 3.05) is 18.4 Å². The van der Waals surface area contributed by atoms with E-state index in [1.807, 2.05) is 0 Å². The summed E-state index contributed by atoms with van der Waals surface area (Å²) in [7, 11) is -3.99. The molecule has 0 aromatic heterocycles. The highest BCUT2D eigenvalue weighted by atomic mass is 127. The zero-order valence-corrected chi connectivity index (χ0v) is 28.7. The second kappa shape index (κ2) is 14.3. The molecule has 254 valence electrons. The summed E-state index contributed by atoms with van der Waals surface area (Å²) in [6.07, 6.45) is -0.104. The number of rotatable bonds is 10. The number of hydrogen-bond donors (Lipinski definition) is 3. The molecule has 1 atom stereocenters. The fourth-order valence-electron chi connectivity index (χ4n) is 5.96. The number of amides is 2. The molecule has 0 radical (unpaired) electrons. The molecule has 0 bridgehead atoms. The number of hydrogen-bond acceptors (Lipinski definition) is 6. The Labute approximate surface area is 294 Å². The largest absolute Gasteiger partial charge is 0.379 e. The highest BCUT2D eigenvalue weighted by Gasteiger charge is 2.46. The van der Waals surface area contributed by atoms with Crippen molar-refractivity contribution in [1.29, 1.82) is 5.26 Å². The molecule has 4 N–H and O–H groups in total. The zero-order chi connectivity index (χ0) is 35.6. The Morgan fingerprint density at radius 2 is 1.61 bits per heavy atom. The minimum absolute atomic E-state index is 0.0536. The Bertz CT molecular complexity index is 2040. The summed E-state index contributed by atoms with van der Waals surface area (Å²) in [5.41, 5.74) is 4.49. The maximum atomic E-state index is 14.3. The number of primary amides is 1. The lowest BCUT2D eigenvalue weighted by Crippen LogP contribution is -2.54. The molecule has 0 saturated carbocycles. The van der Waals surface area contributed by atoms with E-state index in [4.69, 9.17) is 5.73 Å². The van der Waals surface area contributed by atoms with Gasteiger partial charge in [-0.05, 0) is 90.0 Å². The van der Waals surface area contributed by atoms with Crippen molar-refractivity contribution >= 4 is 50.1 Å². The maximum Gasteiger partial charge on any atom is 0.322 e. The van der Waals surface area contributed by atoms with E-state index in [0.29, 0.717) is 22.3 Å². The summed E-state index contributed by atoms with van der Waals surface area (Å²) in [5.74, 6) is -2.88. The third kappa shape index (κ3) is 7.96. The van der Waals surface area contributed by atoms with Gasteiger partial charge in [0.15, 0.2) is 0 Å². The molecule has 1 aliphatic rings. The molecule has 49 heavy (non-hydrogen) atoms. The van der Waals surface area contributed by atoms with Crippen LogP contribution in [0.25, 0.3) is 11.1 Å². The fourth-order valence-corrected chi connectivity index (χ4v) is 7.87. The Balaban J connectivity index is 1.47. The standard InChI is InChI=1S/C35H30F3IN4O5S/c36-28-8-11-30(12-9-28)49(47,48)43-15-13-27(14-16-43)34(46,33(45)42-29-10-7-26(21-40)31(19-29)35(37,38)39)20-22-3-1-4-23(17-22)24-5-2-6-25(18-24)32(41)44/h1-12,17-19,27,46H,13-16,20H2,(H2,41,44)(H,42,45). The Kier molecular flexibility index (Phi) is 10.5. The van der Waals surface area contributed by atoms with Gasteiger partial charge in [0, 0.05) is 53.4 Å². The van der Waals surface area contributed by atoms with Crippen molar-refractivity contribution in [1.82, 2.24) is 4.31 Å². The lowest BCUT2D eigenvalue weighted by Gasteiger charge is -2.40. The van der Waals surface area contributed by atoms with Crippen LogP contribution in [0.5, 0.6) is 0 Å². The Morgan fingerprint density at radius 3 is 2.22 bits per heavy atom. The predicted molar refractivity (Wildman–Crippen MR) is 185 cm³/mol. The van der Waals surface area contributed by atoms with E-state index in [2.05, 4.69) is 5.32 Å². The zero-order valence-electron chi connectivity index (χ0n) is 25.7. The molecule has 1 fully saturated rings. The third-order valence-corrected chi connectivity index (χ3v) is 11.1. The van der Waals surface area contributed by atoms with Gasteiger partial charge in [0.2, 0.25) is 15.9 Å². The number of alkyl halides is 3. The molecule has 1 saturated heterocycles. The maximum absolute atomic E-state index is 14.3. The summed E-state index contributed by atoms with van der Waals surface area (Å²) in [5, 5.41) is 24.2. The first-order chi connectivity index (χ1) is 23.1. The van der Waals surface area contributed by atoms with Gasteiger partial charge in [-0.1, -0.05) is 36.4 Å². The topological polar surface area (TPSA) is 154 Å². The van der Waals surface area contributed by atoms with E-state index in [1.54, 1.807) is 54.6 Å². The van der Waals surface area contributed by atoms with Gasteiger partial charge in [-0.25, -0.2) is 12.8 Å². The van der Waals surface area contributed by atoms with E-state index < -0.39 is 48.7 Å². The Hall–Kier alpha value is -4.30. The number of nitrogens with one attached hydrogen (secondary N) is 1. The number of nitriles is 1. The first-order valence-electron chi connectivity index (χ1n) is 15.0. The lowest BCUT2D eigenvalue weighted by molar-refractivity contribution is -0.141. The highest BCUT2D eigenvalue weighted by Crippen LogP contribution is 2.39. The van der Waals surface area contributed by atoms with Crippen LogP contribution in [-0.2, 0) is 25.2 Å². The van der Waals surface area contributed by atoms with Gasteiger partial charge in [-0.15, -0.1) is 0 Å². The molecule has 5 rings (SSSR count). The average molecular weight is 803 g/mol. The van der Waals surface area contributed by atoms with Crippen molar-refractivity contribution in [2.45, 2.75) is 33.7 Å². The number of benzene rings is 4. The predicted octanol–water partition coefficient (Wildman–Crippen LogP) is 5.96. The van der Waals surface area contributed by atoms with Crippen molar-refractivity contribution in [3.05, 3.63) is 119 Å². The summed E-state index contributed by atoms with van der Waals surface area (Å²) in [4.78, 5) is 25.7. The van der Waals surface area contributed by atoms with Crippen LogP contribution in [0.4, 0.5) is 18.9 Å². The van der Waals surface area contributed by atoms with Crippen LogP contribution in [-0.4, -0.2) is 48.3 Å². The van der Waals surface area contributed by atoms with Crippen LogP contribution < -0.4 is 11.1 Å².